The summed E-state index contributed by atoms with van der Waals surface area (Å²) in [5, 5.41) is 6.77. The summed E-state index contributed by atoms with van der Waals surface area (Å²) < 4.78 is 27.5. The predicted octanol–water partition coefficient (Wildman–Crippen LogP) is 1.93. The van der Waals surface area contributed by atoms with Crippen LogP contribution in [0.3, 0.4) is 0 Å². The molecule has 1 aliphatic rings. The standard InChI is InChI=1S/C15H25N3O2S/c1-12(2)18-21(19,20)15-9-4-3-8-14(15)17-13-7-5-6-10-16-11-13/h3-4,8-9,12-13,16-18H,5-7,10-11H2,1-2H3. The van der Waals surface area contributed by atoms with E-state index < -0.39 is 10.0 Å². The molecule has 3 N–H and O–H groups in total. The molecule has 1 aromatic carbocycles. The number of anilines is 1. The van der Waals surface area contributed by atoms with Gasteiger partial charge in [-0.05, 0) is 45.4 Å². The molecule has 6 heteroatoms. The summed E-state index contributed by atoms with van der Waals surface area (Å²) in [5.74, 6) is 0. The molecule has 1 aromatic rings. The van der Waals surface area contributed by atoms with Crippen molar-refractivity contribution < 1.29 is 8.42 Å². The fourth-order valence-electron chi connectivity index (χ4n) is 2.56. The average molecular weight is 311 g/mol. The van der Waals surface area contributed by atoms with Crippen LogP contribution in [0, 0.1) is 0 Å². The first kappa shape index (κ1) is 16.3. The van der Waals surface area contributed by atoms with E-state index >= 15 is 0 Å². The summed E-state index contributed by atoms with van der Waals surface area (Å²) in [7, 11) is -3.48. The van der Waals surface area contributed by atoms with Crippen LogP contribution in [-0.4, -0.2) is 33.6 Å². The fourth-order valence-corrected chi connectivity index (χ4v) is 3.98. The van der Waals surface area contributed by atoms with E-state index in [1.54, 1.807) is 12.1 Å². The number of hydrogen-bond acceptors (Lipinski definition) is 4. The van der Waals surface area contributed by atoms with Gasteiger partial charge in [-0.15, -0.1) is 0 Å². The number of rotatable bonds is 5. The van der Waals surface area contributed by atoms with Gasteiger partial charge in [0.25, 0.3) is 0 Å². The van der Waals surface area contributed by atoms with Gasteiger partial charge >= 0.3 is 0 Å². The van der Waals surface area contributed by atoms with Gasteiger partial charge in [0.1, 0.15) is 4.90 Å². The first-order chi connectivity index (χ1) is 9.99. The van der Waals surface area contributed by atoms with E-state index in [1.165, 1.54) is 6.42 Å². The topological polar surface area (TPSA) is 70.2 Å². The molecule has 0 amide bonds. The summed E-state index contributed by atoms with van der Waals surface area (Å²) in [6.07, 6.45) is 3.38. The first-order valence-electron chi connectivity index (χ1n) is 7.57. The lowest BCUT2D eigenvalue weighted by Gasteiger charge is -2.20. The van der Waals surface area contributed by atoms with Crippen molar-refractivity contribution in [1.82, 2.24) is 10.0 Å². The van der Waals surface area contributed by atoms with Gasteiger partial charge in [0, 0.05) is 18.6 Å². The van der Waals surface area contributed by atoms with Crippen LogP contribution in [0.4, 0.5) is 5.69 Å². The van der Waals surface area contributed by atoms with Crippen LogP contribution in [0.1, 0.15) is 33.1 Å². The minimum Gasteiger partial charge on any atom is -0.380 e. The van der Waals surface area contributed by atoms with Crippen LogP contribution in [0.5, 0.6) is 0 Å². The molecule has 2 rings (SSSR count). The monoisotopic (exact) mass is 311 g/mol. The minimum absolute atomic E-state index is 0.123. The molecule has 0 bridgehead atoms. The highest BCUT2D eigenvalue weighted by Gasteiger charge is 2.21. The Morgan fingerprint density at radius 2 is 2.00 bits per heavy atom. The Hall–Kier alpha value is -1.11. The zero-order chi connectivity index (χ0) is 15.3. The smallest absolute Gasteiger partial charge is 0.242 e. The Bertz CT molecular complexity index is 550. The molecule has 21 heavy (non-hydrogen) atoms. The highest BCUT2D eigenvalue weighted by molar-refractivity contribution is 7.89. The van der Waals surface area contributed by atoms with Crippen LogP contribution >= 0.6 is 0 Å². The van der Waals surface area contributed by atoms with E-state index in [-0.39, 0.29) is 12.1 Å². The van der Waals surface area contributed by atoms with E-state index in [9.17, 15) is 8.42 Å². The van der Waals surface area contributed by atoms with Crippen LogP contribution in [-0.2, 0) is 10.0 Å². The molecule has 0 radical (unpaired) electrons. The second-order valence-electron chi connectivity index (χ2n) is 5.81. The third-order valence-electron chi connectivity index (χ3n) is 3.47. The fraction of sp³-hybridized carbons (Fsp3) is 0.600. The van der Waals surface area contributed by atoms with Crippen molar-refractivity contribution in [3.8, 4) is 0 Å². The molecular formula is C15H25N3O2S. The molecule has 1 saturated heterocycles. The van der Waals surface area contributed by atoms with Gasteiger partial charge in [-0.2, -0.15) is 0 Å². The van der Waals surface area contributed by atoms with Crippen LogP contribution in [0.2, 0.25) is 0 Å². The third kappa shape index (κ3) is 4.69. The van der Waals surface area contributed by atoms with Crippen molar-refractivity contribution >= 4 is 15.7 Å². The number of hydrogen-bond donors (Lipinski definition) is 3. The zero-order valence-corrected chi connectivity index (χ0v) is 13.5. The van der Waals surface area contributed by atoms with Crippen molar-refractivity contribution in [1.29, 1.82) is 0 Å². The molecule has 0 spiro atoms. The SMILES string of the molecule is CC(C)NS(=O)(=O)c1ccccc1NC1CCCCNC1. The van der Waals surface area contributed by atoms with Crippen LogP contribution < -0.4 is 15.4 Å². The molecule has 0 saturated carbocycles. The van der Waals surface area contributed by atoms with E-state index in [1.807, 2.05) is 26.0 Å². The van der Waals surface area contributed by atoms with Crippen LogP contribution in [0.15, 0.2) is 29.2 Å². The largest absolute Gasteiger partial charge is 0.380 e. The van der Waals surface area contributed by atoms with E-state index in [0.29, 0.717) is 10.6 Å². The Balaban J connectivity index is 2.20. The van der Waals surface area contributed by atoms with Crippen LogP contribution in [0.25, 0.3) is 0 Å². The summed E-state index contributed by atoms with van der Waals surface area (Å²) in [6, 6.07) is 7.24. The number of sulfonamides is 1. The Kier molecular flexibility index (Phi) is 5.61. The van der Waals surface area contributed by atoms with Gasteiger partial charge in [-0.25, -0.2) is 13.1 Å². The van der Waals surface area contributed by atoms with Crippen molar-refractivity contribution in [3.63, 3.8) is 0 Å². The van der Waals surface area contributed by atoms with E-state index in [0.717, 1.165) is 25.9 Å². The molecule has 1 unspecified atom stereocenters. The Morgan fingerprint density at radius 3 is 2.76 bits per heavy atom. The lowest BCUT2D eigenvalue weighted by Crippen LogP contribution is -2.33. The molecule has 1 atom stereocenters. The quantitative estimate of drug-likeness (QED) is 0.777. The van der Waals surface area contributed by atoms with Gasteiger partial charge < -0.3 is 10.6 Å². The molecule has 1 fully saturated rings. The summed E-state index contributed by atoms with van der Waals surface area (Å²) in [5.41, 5.74) is 0.680. The van der Waals surface area contributed by atoms with E-state index in [4.69, 9.17) is 0 Å². The first-order valence-corrected chi connectivity index (χ1v) is 9.06. The molecule has 1 heterocycles. The van der Waals surface area contributed by atoms with Crippen molar-refractivity contribution in [2.24, 2.45) is 0 Å². The normalized spacial score (nSPS) is 20.2. The zero-order valence-electron chi connectivity index (χ0n) is 12.7. The molecular weight excluding hydrogens is 286 g/mol. The van der Waals surface area contributed by atoms with Gasteiger partial charge in [-0.1, -0.05) is 18.6 Å². The summed E-state index contributed by atoms with van der Waals surface area (Å²) in [4.78, 5) is 0.322. The molecule has 0 aromatic heterocycles. The third-order valence-corrected chi connectivity index (χ3v) is 5.19. The van der Waals surface area contributed by atoms with Gasteiger partial charge in [-0.3, -0.25) is 0 Å². The van der Waals surface area contributed by atoms with Crippen molar-refractivity contribution in [2.75, 3.05) is 18.4 Å². The Morgan fingerprint density at radius 1 is 1.24 bits per heavy atom. The molecule has 118 valence electrons. The highest BCUT2D eigenvalue weighted by atomic mass is 32.2. The number of benzene rings is 1. The number of para-hydroxylation sites is 1. The molecule has 0 aliphatic carbocycles. The van der Waals surface area contributed by atoms with E-state index in [2.05, 4.69) is 15.4 Å². The lowest BCUT2D eigenvalue weighted by atomic mass is 10.1. The van der Waals surface area contributed by atoms with Gasteiger partial charge in [0.15, 0.2) is 0 Å². The highest BCUT2D eigenvalue weighted by Crippen LogP contribution is 2.23. The molecule has 5 nitrogen and oxygen atoms in total. The average Bonchev–Trinajstić information content (AvgIpc) is 2.66. The maximum atomic E-state index is 12.4. The maximum Gasteiger partial charge on any atom is 0.242 e. The van der Waals surface area contributed by atoms with Gasteiger partial charge in [0.2, 0.25) is 10.0 Å². The molecule has 1 aliphatic heterocycles. The lowest BCUT2D eigenvalue weighted by molar-refractivity contribution is 0.569. The Labute approximate surface area is 127 Å². The minimum atomic E-state index is -3.48. The summed E-state index contributed by atoms with van der Waals surface area (Å²) in [6.45, 7) is 5.55. The second-order valence-corrected chi connectivity index (χ2v) is 7.50. The van der Waals surface area contributed by atoms with Crippen molar-refractivity contribution in [2.45, 2.75) is 50.1 Å². The maximum absolute atomic E-state index is 12.4. The van der Waals surface area contributed by atoms with Gasteiger partial charge in [0.05, 0.1) is 5.69 Å². The predicted molar refractivity (Wildman–Crippen MR) is 86.0 cm³/mol. The second kappa shape index (κ2) is 7.24. The van der Waals surface area contributed by atoms with Crippen molar-refractivity contribution in [3.05, 3.63) is 24.3 Å². The summed E-state index contributed by atoms with van der Waals surface area (Å²) >= 11 is 0. The number of nitrogens with one attached hydrogen (secondary N) is 3.